The average Bonchev–Trinajstić information content (AvgIpc) is 2.49. The third-order valence-corrected chi connectivity index (χ3v) is 3.05. The molecule has 3 rings (SSSR count). The molecule has 1 aromatic carbocycles. The van der Waals surface area contributed by atoms with Gasteiger partial charge >= 0.3 is 0 Å². The topological polar surface area (TPSA) is 73.9 Å². The number of rotatable bonds is 3. The largest absolute Gasteiger partial charge is 0.437 e. The number of aromatic nitrogens is 3. The summed E-state index contributed by atoms with van der Waals surface area (Å²) in [5.41, 5.74) is 7.74. The average molecular weight is 287 g/mol. The summed E-state index contributed by atoms with van der Waals surface area (Å²) in [7, 11) is 0. The lowest BCUT2D eigenvalue weighted by Gasteiger charge is -2.08. The third-order valence-electron chi connectivity index (χ3n) is 2.75. The van der Waals surface area contributed by atoms with Crippen molar-refractivity contribution < 1.29 is 4.74 Å². The minimum Gasteiger partial charge on any atom is -0.437 e. The Labute approximate surface area is 120 Å². The van der Waals surface area contributed by atoms with Crippen LogP contribution in [0.4, 0.5) is 0 Å². The van der Waals surface area contributed by atoms with Gasteiger partial charge in [0.25, 0.3) is 0 Å². The maximum atomic E-state index is 6.14. The molecule has 0 fully saturated rings. The molecule has 0 bridgehead atoms. The minimum atomic E-state index is 0.417. The van der Waals surface area contributed by atoms with Crippen LogP contribution in [0.3, 0.4) is 0 Å². The van der Waals surface area contributed by atoms with Crippen molar-refractivity contribution in [3.05, 3.63) is 53.3 Å². The number of nitrogens with two attached hydrogens (primary N) is 1. The van der Waals surface area contributed by atoms with Crippen LogP contribution < -0.4 is 10.5 Å². The van der Waals surface area contributed by atoms with E-state index in [9.17, 15) is 0 Å². The smallest absolute Gasteiger partial charge is 0.221 e. The molecule has 0 atom stereocenters. The Morgan fingerprint density at radius 1 is 1.10 bits per heavy atom. The molecule has 0 aliphatic rings. The minimum absolute atomic E-state index is 0.417. The Kier molecular flexibility index (Phi) is 3.45. The second-order valence-corrected chi connectivity index (χ2v) is 4.53. The van der Waals surface area contributed by atoms with E-state index in [1.54, 1.807) is 36.7 Å². The first kappa shape index (κ1) is 12.8. The van der Waals surface area contributed by atoms with Crippen LogP contribution in [-0.2, 0) is 6.54 Å². The highest BCUT2D eigenvalue weighted by molar-refractivity contribution is 6.32. The van der Waals surface area contributed by atoms with Gasteiger partial charge in [-0.25, -0.2) is 4.98 Å². The highest BCUT2D eigenvalue weighted by atomic mass is 35.5. The maximum absolute atomic E-state index is 6.14. The van der Waals surface area contributed by atoms with Crippen LogP contribution in [0.2, 0.25) is 5.02 Å². The molecule has 0 aliphatic carbocycles. The molecule has 100 valence electrons. The van der Waals surface area contributed by atoms with Gasteiger partial charge < -0.3 is 10.5 Å². The second kappa shape index (κ2) is 5.40. The molecule has 20 heavy (non-hydrogen) atoms. The Balaban J connectivity index is 1.92. The molecule has 2 N–H and O–H groups in total. The zero-order chi connectivity index (χ0) is 13.9. The molecule has 0 spiro atoms. The van der Waals surface area contributed by atoms with Gasteiger partial charge in [-0.3, -0.25) is 4.98 Å². The monoisotopic (exact) mass is 286 g/mol. The standard InChI is InChI=1S/C14H11ClN4O/c15-10-7-9(8-16)1-3-12(10)20-13-4-2-11-14(19-13)18-6-5-17-11/h1-7H,8,16H2. The molecular weight excluding hydrogens is 276 g/mol. The first-order valence-electron chi connectivity index (χ1n) is 6.00. The van der Waals surface area contributed by atoms with E-state index >= 15 is 0 Å². The van der Waals surface area contributed by atoms with Crippen LogP contribution in [0.25, 0.3) is 11.2 Å². The van der Waals surface area contributed by atoms with Crippen LogP contribution in [0.15, 0.2) is 42.7 Å². The van der Waals surface area contributed by atoms with Gasteiger partial charge in [0.15, 0.2) is 5.65 Å². The van der Waals surface area contributed by atoms with E-state index in [0.29, 0.717) is 34.4 Å². The van der Waals surface area contributed by atoms with Gasteiger partial charge in [-0.05, 0) is 23.8 Å². The second-order valence-electron chi connectivity index (χ2n) is 4.12. The molecule has 5 nitrogen and oxygen atoms in total. The molecule has 0 unspecified atom stereocenters. The fraction of sp³-hybridized carbons (Fsp3) is 0.0714. The van der Waals surface area contributed by atoms with Crippen molar-refractivity contribution in [2.75, 3.05) is 0 Å². The molecule has 0 radical (unpaired) electrons. The Hall–Kier alpha value is -2.24. The fourth-order valence-electron chi connectivity index (χ4n) is 1.76. The first-order chi connectivity index (χ1) is 9.76. The predicted octanol–water partition coefficient (Wildman–Crippen LogP) is 2.93. The normalized spacial score (nSPS) is 10.7. The first-order valence-corrected chi connectivity index (χ1v) is 6.38. The highest BCUT2D eigenvalue weighted by Gasteiger charge is 2.06. The van der Waals surface area contributed by atoms with E-state index in [1.807, 2.05) is 6.07 Å². The molecule has 3 aromatic rings. The van der Waals surface area contributed by atoms with Crippen molar-refractivity contribution in [3.63, 3.8) is 0 Å². The number of hydrogen-bond donors (Lipinski definition) is 1. The number of benzene rings is 1. The lowest BCUT2D eigenvalue weighted by Crippen LogP contribution is -1.97. The Bertz CT molecular complexity index is 763. The van der Waals surface area contributed by atoms with Gasteiger partial charge in [0.05, 0.1) is 5.02 Å². The van der Waals surface area contributed by atoms with E-state index < -0.39 is 0 Å². The zero-order valence-electron chi connectivity index (χ0n) is 10.5. The van der Waals surface area contributed by atoms with Crippen LogP contribution >= 0.6 is 11.6 Å². The lowest BCUT2D eigenvalue weighted by molar-refractivity contribution is 0.464. The summed E-state index contributed by atoms with van der Waals surface area (Å²) < 4.78 is 5.67. The van der Waals surface area contributed by atoms with Crippen molar-refractivity contribution in [1.82, 2.24) is 15.0 Å². The van der Waals surface area contributed by atoms with E-state index in [0.717, 1.165) is 5.56 Å². The fourth-order valence-corrected chi connectivity index (χ4v) is 2.00. The Morgan fingerprint density at radius 2 is 1.95 bits per heavy atom. The molecule has 2 heterocycles. The summed E-state index contributed by atoms with van der Waals surface area (Å²) in [6, 6.07) is 8.93. The van der Waals surface area contributed by atoms with Crippen molar-refractivity contribution in [1.29, 1.82) is 0 Å². The van der Waals surface area contributed by atoms with Gasteiger partial charge in [-0.15, -0.1) is 0 Å². The summed E-state index contributed by atoms with van der Waals surface area (Å²) in [6.45, 7) is 0.434. The lowest BCUT2D eigenvalue weighted by atomic mass is 10.2. The SMILES string of the molecule is NCc1ccc(Oc2ccc3nccnc3n2)c(Cl)c1. The molecule has 0 saturated carbocycles. The van der Waals surface area contributed by atoms with Gasteiger partial charge in [0.2, 0.25) is 5.88 Å². The van der Waals surface area contributed by atoms with Crippen LogP contribution in [0.5, 0.6) is 11.6 Å². The van der Waals surface area contributed by atoms with Crippen LogP contribution in [-0.4, -0.2) is 15.0 Å². The number of nitrogens with zero attached hydrogens (tertiary/aromatic N) is 3. The number of pyridine rings is 1. The molecule has 6 heteroatoms. The summed E-state index contributed by atoms with van der Waals surface area (Å²) in [5.74, 6) is 0.944. The number of fused-ring (bicyclic) bond motifs is 1. The molecule has 2 aromatic heterocycles. The van der Waals surface area contributed by atoms with Crippen LogP contribution in [0, 0.1) is 0 Å². The third kappa shape index (κ3) is 2.54. The predicted molar refractivity (Wildman–Crippen MR) is 76.8 cm³/mol. The number of hydrogen-bond acceptors (Lipinski definition) is 5. The maximum Gasteiger partial charge on any atom is 0.221 e. The van der Waals surface area contributed by atoms with Crippen molar-refractivity contribution in [2.24, 2.45) is 5.73 Å². The highest BCUT2D eigenvalue weighted by Crippen LogP contribution is 2.29. The summed E-state index contributed by atoms with van der Waals surface area (Å²) in [5, 5.41) is 0.494. The number of ether oxygens (including phenoxy) is 1. The van der Waals surface area contributed by atoms with Crippen LogP contribution in [0.1, 0.15) is 5.56 Å². The van der Waals surface area contributed by atoms with Crippen molar-refractivity contribution >= 4 is 22.8 Å². The van der Waals surface area contributed by atoms with Gasteiger partial charge in [0, 0.05) is 25.0 Å². The van der Waals surface area contributed by atoms with E-state index in [1.165, 1.54) is 0 Å². The van der Waals surface area contributed by atoms with Gasteiger partial charge in [-0.1, -0.05) is 17.7 Å². The molecule has 0 saturated heterocycles. The summed E-state index contributed by atoms with van der Waals surface area (Å²) in [6.07, 6.45) is 3.20. The quantitative estimate of drug-likeness (QED) is 0.801. The summed E-state index contributed by atoms with van der Waals surface area (Å²) >= 11 is 6.14. The molecule has 0 aliphatic heterocycles. The van der Waals surface area contributed by atoms with E-state index in [4.69, 9.17) is 22.1 Å². The van der Waals surface area contributed by atoms with Crippen molar-refractivity contribution in [3.8, 4) is 11.6 Å². The molecular formula is C14H11ClN4O. The van der Waals surface area contributed by atoms with E-state index in [2.05, 4.69) is 15.0 Å². The van der Waals surface area contributed by atoms with E-state index in [-0.39, 0.29) is 0 Å². The zero-order valence-corrected chi connectivity index (χ0v) is 11.2. The van der Waals surface area contributed by atoms with Crippen molar-refractivity contribution in [2.45, 2.75) is 6.54 Å². The molecule has 0 amide bonds. The Morgan fingerprint density at radius 3 is 2.75 bits per heavy atom. The summed E-state index contributed by atoms with van der Waals surface area (Å²) in [4.78, 5) is 12.6. The van der Waals surface area contributed by atoms with Gasteiger partial charge in [-0.2, -0.15) is 4.98 Å². The number of halogens is 1. The van der Waals surface area contributed by atoms with Gasteiger partial charge in [0.1, 0.15) is 11.3 Å².